The third kappa shape index (κ3) is 8.33. The van der Waals surface area contributed by atoms with E-state index in [0.29, 0.717) is 11.1 Å². The van der Waals surface area contributed by atoms with Crippen LogP contribution in [-0.4, -0.2) is 39.4 Å². The summed E-state index contributed by atoms with van der Waals surface area (Å²) in [5.41, 5.74) is 1.18. The Bertz CT molecular complexity index is 1900. The largest absolute Gasteiger partial charge is 0.480 e. The van der Waals surface area contributed by atoms with Gasteiger partial charge in [0.2, 0.25) is 0 Å². The first-order chi connectivity index (χ1) is 25.4. The smallest absolute Gasteiger partial charge is 0.343 e. The van der Waals surface area contributed by atoms with Crippen LogP contribution in [0.1, 0.15) is 0 Å². The standard InChI is InChI=1S/C42H34Cl2O6P2/c1-47-37(45)27-49-41-33(43)23-25-35(51(29-15-7-3-8-16-29)30-17-9-4-10-18-30)39(41)40-36(26-24-34(44)42(40)50-28-38(46)48-2)52(31-19-11-5-12-20-31)32-21-13-6-14-22-32/h3-26H,27-28H2,1-2H3. The number of benzene rings is 6. The Balaban J connectivity index is 1.77. The molecule has 6 aromatic carbocycles. The second-order valence-electron chi connectivity index (χ2n) is 11.3. The zero-order valence-corrected chi connectivity index (χ0v) is 31.7. The predicted molar refractivity (Wildman–Crippen MR) is 214 cm³/mol. The Morgan fingerprint density at radius 3 is 1.02 bits per heavy atom. The molecule has 0 fully saturated rings. The molecule has 52 heavy (non-hydrogen) atoms. The molecule has 0 aliphatic rings. The third-order valence-corrected chi connectivity index (χ3v) is 13.7. The first-order valence-corrected chi connectivity index (χ1v) is 19.7. The van der Waals surface area contributed by atoms with Crippen LogP contribution in [0.15, 0.2) is 146 Å². The summed E-state index contributed by atoms with van der Waals surface area (Å²) < 4.78 is 22.6. The first kappa shape index (κ1) is 37.1. The van der Waals surface area contributed by atoms with Crippen LogP contribution >= 0.6 is 39.0 Å². The maximum atomic E-state index is 12.6. The number of rotatable bonds is 13. The van der Waals surface area contributed by atoms with E-state index in [1.807, 2.05) is 84.9 Å². The van der Waals surface area contributed by atoms with Gasteiger partial charge in [0.25, 0.3) is 0 Å². The van der Waals surface area contributed by atoms with Crippen molar-refractivity contribution in [1.82, 2.24) is 0 Å². The fourth-order valence-electron chi connectivity index (χ4n) is 5.77. The molecule has 0 unspecified atom stereocenters. The molecule has 0 saturated heterocycles. The first-order valence-electron chi connectivity index (χ1n) is 16.3. The van der Waals surface area contributed by atoms with Crippen molar-refractivity contribution in [1.29, 1.82) is 0 Å². The number of hydrogen-bond acceptors (Lipinski definition) is 6. The minimum absolute atomic E-state index is 0.256. The van der Waals surface area contributed by atoms with E-state index < -0.39 is 41.0 Å². The number of methoxy groups -OCH3 is 2. The molecule has 0 radical (unpaired) electrons. The van der Waals surface area contributed by atoms with Crippen molar-refractivity contribution in [2.75, 3.05) is 27.4 Å². The molecule has 0 N–H and O–H groups in total. The van der Waals surface area contributed by atoms with Gasteiger partial charge in [-0.1, -0.05) is 157 Å². The van der Waals surface area contributed by atoms with Crippen LogP contribution < -0.4 is 41.3 Å². The maximum Gasteiger partial charge on any atom is 0.343 e. The van der Waals surface area contributed by atoms with Gasteiger partial charge in [-0.25, -0.2) is 9.59 Å². The second-order valence-corrected chi connectivity index (χ2v) is 16.5. The zero-order valence-electron chi connectivity index (χ0n) is 28.4. The molecule has 0 aromatic heterocycles. The van der Waals surface area contributed by atoms with E-state index in [9.17, 15) is 9.59 Å². The number of hydrogen-bond donors (Lipinski definition) is 0. The molecular formula is C42H34Cl2O6P2. The van der Waals surface area contributed by atoms with Crippen LogP contribution in [0.3, 0.4) is 0 Å². The molecule has 0 aliphatic carbocycles. The quantitative estimate of drug-likeness (QED) is 0.0910. The lowest BCUT2D eigenvalue weighted by atomic mass is 10.0. The van der Waals surface area contributed by atoms with Gasteiger partial charge in [-0.2, -0.15) is 0 Å². The number of esters is 2. The fraction of sp³-hybridized carbons (Fsp3) is 0.0952. The summed E-state index contributed by atoms with van der Waals surface area (Å²) in [7, 11) is 0.0550. The molecule has 0 bridgehead atoms. The van der Waals surface area contributed by atoms with Gasteiger partial charge in [0.1, 0.15) is 11.5 Å². The van der Waals surface area contributed by atoms with E-state index in [1.54, 1.807) is 12.1 Å². The van der Waals surface area contributed by atoms with Crippen LogP contribution in [0, 0.1) is 0 Å². The molecule has 10 heteroatoms. The second kappa shape index (κ2) is 17.7. The summed E-state index contributed by atoms with van der Waals surface area (Å²) in [6.07, 6.45) is 0. The Morgan fingerprint density at radius 2 is 0.750 bits per heavy atom. The molecule has 6 nitrogen and oxygen atoms in total. The number of carbonyl (C=O) groups is 2. The van der Waals surface area contributed by atoms with Crippen molar-refractivity contribution in [2.24, 2.45) is 0 Å². The van der Waals surface area contributed by atoms with E-state index in [4.69, 9.17) is 42.1 Å². The highest BCUT2D eigenvalue weighted by atomic mass is 35.5. The van der Waals surface area contributed by atoms with Crippen molar-refractivity contribution >= 4 is 82.8 Å². The van der Waals surface area contributed by atoms with Gasteiger partial charge < -0.3 is 18.9 Å². The number of carbonyl (C=O) groups excluding carboxylic acids is 2. The van der Waals surface area contributed by atoms with Crippen molar-refractivity contribution < 1.29 is 28.5 Å². The molecule has 0 spiro atoms. The monoisotopic (exact) mass is 766 g/mol. The van der Waals surface area contributed by atoms with Crippen molar-refractivity contribution in [2.45, 2.75) is 0 Å². The predicted octanol–water partition coefficient (Wildman–Crippen LogP) is 7.28. The SMILES string of the molecule is COC(=O)COc1c(Cl)ccc(P(c2ccccc2)c2ccccc2)c1-c1c(P(c2ccccc2)c2ccccc2)ccc(Cl)c1OCC(=O)OC. The summed E-state index contributed by atoms with van der Waals surface area (Å²) in [5, 5.41) is 6.57. The maximum absolute atomic E-state index is 12.6. The lowest BCUT2D eigenvalue weighted by Crippen LogP contribution is -2.27. The molecule has 0 heterocycles. The Labute approximate surface area is 315 Å². The minimum atomic E-state index is -1.27. The Kier molecular flexibility index (Phi) is 12.6. The lowest BCUT2D eigenvalue weighted by molar-refractivity contribution is -0.143. The van der Waals surface area contributed by atoms with E-state index in [2.05, 4.69) is 48.5 Å². The van der Waals surface area contributed by atoms with Crippen LogP contribution in [0.25, 0.3) is 11.1 Å². The summed E-state index contributed by atoms with van der Waals surface area (Å²) >= 11 is 14.1. The molecule has 0 saturated carbocycles. The van der Waals surface area contributed by atoms with Gasteiger partial charge in [0.15, 0.2) is 13.2 Å². The number of ether oxygens (including phenoxy) is 4. The summed E-state index contributed by atoms with van der Waals surface area (Å²) in [6, 6.07) is 48.4. The Morgan fingerprint density at radius 1 is 0.462 bits per heavy atom. The third-order valence-electron chi connectivity index (χ3n) is 8.09. The molecule has 6 rings (SSSR count). The normalized spacial score (nSPS) is 11.0. The van der Waals surface area contributed by atoms with Crippen molar-refractivity contribution in [3.8, 4) is 22.6 Å². The van der Waals surface area contributed by atoms with Gasteiger partial charge >= 0.3 is 11.9 Å². The average Bonchev–Trinajstić information content (AvgIpc) is 3.19. The van der Waals surface area contributed by atoms with Gasteiger partial charge in [-0.3, -0.25) is 0 Å². The van der Waals surface area contributed by atoms with Crippen molar-refractivity contribution in [3.05, 3.63) is 156 Å². The zero-order chi connectivity index (χ0) is 36.5. The topological polar surface area (TPSA) is 71.1 Å². The van der Waals surface area contributed by atoms with Crippen LogP contribution in [0.2, 0.25) is 10.0 Å². The van der Waals surface area contributed by atoms with Crippen molar-refractivity contribution in [3.63, 3.8) is 0 Å². The van der Waals surface area contributed by atoms with E-state index in [-0.39, 0.29) is 21.5 Å². The molecule has 0 aliphatic heterocycles. The lowest BCUT2D eigenvalue weighted by Gasteiger charge is -2.29. The summed E-state index contributed by atoms with van der Waals surface area (Å²) in [5.74, 6) is -0.645. The van der Waals surface area contributed by atoms with Gasteiger partial charge in [0, 0.05) is 11.1 Å². The van der Waals surface area contributed by atoms with E-state index in [0.717, 1.165) is 31.8 Å². The van der Waals surface area contributed by atoms with Crippen LogP contribution in [-0.2, 0) is 19.1 Å². The average molecular weight is 768 g/mol. The Hall–Kier alpha value is -4.70. The van der Waals surface area contributed by atoms with Crippen LogP contribution in [0.4, 0.5) is 0 Å². The fourth-order valence-corrected chi connectivity index (χ4v) is 11.1. The summed E-state index contributed by atoms with van der Waals surface area (Å²) in [4.78, 5) is 25.2. The van der Waals surface area contributed by atoms with Gasteiger partial charge in [0.05, 0.1) is 24.3 Å². The molecular weight excluding hydrogens is 733 g/mol. The highest BCUT2D eigenvalue weighted by molar-refractivity contribution is 7.80. The summed E-state index contributed by atoms with van der Waals surface area (Å²) in [6.45, 7) is -0.802. The minimum Gasteiger partial charge on any atom is -0.480 e. The highest BCUT2D eigenvalue weighted by Crippen LogP contribution is 2.50. The van der Waals surface area contributed by atoms with Crippen LogP contribution in [0.5, 0.6) is 11.5 Å². The number of halogens is 2. The molecule has 262 valence electrons. The molecule has 6 aromatic rings. The van der Waals surface area contributed by atoms with Gasteiger partial charge in [-0.05, 0) is 59.8 Å². The highest BCUT2D eigenvalue weighted by Gasteiger charge is 2.32. The van der Waals surface area contributed by atoms with Gasteiger partial charge in [-0.15, -0.1) is 0 Å². The molecule has 0 amide bonds. The van der Waals surface area contributed by atoms with E-state index in [1.165, 1.54) is 14.2 Å². The molecule has 0 atom stereocenters. The van der Waals surface area contributed by atoms with E-state index >= 15 is 0 Å².